The van der Waals surface area contributed by atoms with Gasteiger partial charge in [0.15, 0.2) is 0 Å². The minimum absolute atomic E-state index is 0.121. The van der Waals surface area contributed by atoms with Gasteiger partial charge in [0.25, 0.3) is 0 Å². The molecule has 0 saturated heterocycles. The number of carboxylic acids is 1. The Bertz CT molecular complexity index is 785. The van der Waals surface area contributed by atoms with Gasteiger partial charge in [-0.3, -0.25) is 0 Å². The average molecular weight is 243 g/mol. The zero-order valence-electron chi connectivity index (χ0n) is 14.5. The quantitative estimate of drug-likeness (QED) is 0.836. The van der Waals surface area contributed by atoms with E-state index in [1.54, 1.807) is 0 Å². The third-order valence-corrected chi connectivity index (χ3v) is 2.28. The molecule has 2 aromatic carbocycles. The highest BCUT2D eigenvalue weighted by molar-refractivity contribution is 5.85. The van der Waals surface area contributed by atoms with Crippen LogP contribution in [0.5, 0.6) is 0 Å². The molecule has 0 aliphatic rings. The zero-order chi connectivity index (χ0) is 17.1. The smallest absolute Gasteiger partial charge is 0.328 e. The van der Waals surface area contributed by atoms with Crippen LogP contribution in [0.25, 0.3) is 6.05 Å². The lowest BCUT2D eigenvalue weighted by Crippen LogP contribution is -1.89. The lowest BCUT2D eigenvalue weighted by molar-refractivity contribution is -0.131. The molecular formula is C16H14O2. The summed E-state index contributed by atoms with van der Waals surface area (Å²) in [4.78, 5) is 10.8. The van der Waals surface area contributed by atoms with Gasteiger partial charge in [0.1, 0.15) is 0 Å². The van der Waals surface area contributed by atoms with Crippen molar-refractivity contribution in [2.45, 2.75) is 6.42 Å². The highest BCUT2D eigenvalue weighted by Gasteiger charge is 1.97. The van der Waals surface area contributed by atoms with E-state index in [1.165, 1.54) is 6.07 Å². The summed E-state index contributed by atoms with van der Waals surface area (Å²) in [5, 5.41) is 8.82. The lowest BCUT2D eigenvalue weighted by atomic mass is 10.0. The fourth-order valence-corrected chi connectivity index (χ4v) is 1.52. The van der Waals surface area contributed by atoms with Crippen molar-refractivity contribution in [2.24, 2.45) is 0 Å². The van der Waals surface area contributed by atoms with Crippen molar-refractivity contribution in [3.8, 4) is 0 Å². The largest absolute Gasteiger partial charge is 0.478 e. The van der Waals surface area contributed by atoms with Crippen LogP contribution < -0.4 is 0 Å². The fraction of sp³-hybridized carbons (Fsp3) is 0.0625. The van der Waals surface area contributed by atoms with Crippen LogP contribution in [0.15, 0.2) is 60.6 Å². The number of aliphatic carboxylic acids is 1. The zero-order valence-corrected chi connectivity index (χ0v) is 9.53. The molecule has 0 aliphatic carbocycles. The average Bonchev–Trinajstić information content (AvgIpc) is 2.55. The molecule has 0 fully saturated rings. The maximum Gasteiger partial charge on any atom is 0.328 e. The highest BCUT2D eigenvalue weighted by atomic mass is 16.4. The summed E-state index contributed by atoms with van der Waals surface area (Å²) in [6.45, 7) is 0. The molecule has 0 spiro atoms. The molecule has 0 saturated carbocycles. The highest BCUT2D eigenvalue weighted by Crippen LogP contribution is 2.12. The topological polar surface area (TPSA) is 37.3 Å². The summed E-state index contributed by atoms with van der Waals surface area (Å²) in [7, 11) is 0. The van der Waals surface area contributed by atoms with Crippen molar-refractivity contribution < 1.29 is 16.8 Å². The van der Waals surface area contributed by atoms with Crippen LogP contribution in [0, 0.1) is 0 Å². The van der Waals surface area contributed by atoms with Crippen LogP contribution in [0.1, 0.15) is 23.5 Å². The van der Waals surface area contributed by atoms with Gasteiger partial charge in [0, 0.05) is 6.05 Å². The molecule has 0 amide bonds. The summed E-state index contributed by atoms with van der Waals surface area (Å²) in [6.07, 6.45) is 0.326. The van der Waals surface area contributed by atoms with Gasteiger partial charge >= 0.3 is 5.97 Å². The first-order chi connectivity index (χ1) is 10.8. The molecule has 0 unspecified atom stereocenters. The van der Waals surface area contributed by atoms with Gasteiger partial charge < -0.3 is 5.11 Å². The molecule has 18 heavy (non-hydrogen) atoms. The SMILES string of the molecule is [2H]C(C(=O)O)=C([2H])c1cc(Cc2ccccc2)c([2H])c([2H])c1[2H]. The number of carbonyl (C=O) groups is 1. The Labute approximate surface area is 113 Å². The van der Waals surface area contributed by atoms with Crippen molar-refractivity contribution in [3.05, 3.63) is 77.3 Å². The van der Waals surface area contributed by atoms with E-state index in [9.17, 15) is 4.79 Å². The van der Waals surface area contributed by atoms with Gasteiger partial charge in [-0.1, -0.05) is 54.5 Å². The summed E-state index contributed by atoms with van der Waals surface area (Å²) in [5.74, 6) is -1.57. The van der Waals surface area contributed by atoms with Crippen molar-refractivity contribution in [1.82, 2.24) is 0 Å². The van der Waals surface area contributed by atoms with E-state index < -0.39 is 24.1 Å². The molecule has 1 N–H and O–H groups in total. The second kappa shape index (κ2) is 5.82. The lowest BCUT2D eigenvalue weighted by Gasteiger charge is -2.03. The molecule has 0 heterocycles. The summed E-state index contributed by atoms with van der Waals surface area (Å²) in [6, 6.07) is 8.08. The van der Waals surface area contributed by atoms with Gasteiger partial charge in [0.2, 0.25) is 0 Å². The van der Waals surface area contributed by atoms with Gasteiger partial charge in [-0.25, -0.2) is 4.79 Å². The maximum absolute atomic E-state index is 10.8. The second-order valence-corrected chi connectivity index (χ2v) is 3.68. The van der Waals surface area contributed by atoms with E-state index in [1.807, 2.05) is 30.3 Å². The van der Waals surface area contributed by atoms with E-state index >= 15 is 0 Å². The molecule has 0 aromatic heterocycles. The predicted molar refractivity (Wildman–Crippen MR) is 72.4 cm³/mol. The molecule has 2 rings (SSSR count). The second-order valence-electron chi connectivity index (χ2n) is 3.68. The van der Waals surface area contributed by atoms with Crippen molar-refractivity contribution in [3.63, 3.8) is 0 Å². The standard InChI is InChI=1S/C16H14O2/c17-16(18)10-9-14-7-4-8-15(12-14)11-13-5-2-1-3-6-13/h1-10,12H,11H2,(H,17,18)/i4D,7D,8D,9D,10D. The van der Waals surface area contributed by atoms with Gasteiger partial charge in [-0.05, 0) is 29.2 Å². The third kappa shape index (κ3) is 3.59. The number of rotatable bonds is 4. The van der Waals surface area contributed by atoms with E-state index in [4.69, 9.17) is 12.0 Å². The molecule has 90 valence electrons. The van der Waals surface area contributed by atoms with Gasteiger partial charge in [-0.2, -0.15) is 0 Å². The maximum atomic E-state index is 10.8. The van der Waals surface area contributed by atoms with Crippen molar-refractivity contribution >= 4 is 12.0 Å². The molecule has 0 aliphatic heterocycles. The van der Waals surface area contributed by atoms with E-state index in [2.05, 4.69) is 0 Å². The first-order valence-electron chi connectivity index (χ1n) is 7.87. The predicted octanol–water partition coefficient (Wildman–Crippen LogP) is 3.38. The Morgan fingerprint density at radius 1 is 1.28 bits per heavy atom. The van der Waals surface area contributed by atoms with Crippen molar-refractivity contribution in [1.29, 1.82) is 0 Å². The van der Waals surface area contributed by atoms with E-state index in [-0.39, 0.29) is 17.6 Å². The number of hydrogen-bond donors (Lipinski definition) is 1. The van der Waals surface area contributed by atoms with Crippen LogP contribution in [0.4, 0.5) is 0 Å². The Morgan fingerprint density at radius 2 is 2.06 bits per heavy atom. The van der Waals surface area contributed by atoms with Crippen LogP contribution in [-0.2, 0) is 11.2 Å². The van der Waals surface area contributed by atoms with Gasteiger partial charge in [0.05, 0.1) is 6.85 Å². The summed E-state index contributed by atoms with van der Waals surface area (Å²) in [5.41, 5.74) is 1.18. The van der Waals surface area contributed by atoms with E-state index in [0.717, 1.165) is 5.56 Å². The fourth-order valence-electron chi connectivity index (χ4n) is 1.52. The van der Waals surface area contributed by atoms with Crippen LogP contribution in [0.3, 0.4) is 0 Å². The minimum Gasteiger partial charge on any atom is -0.478 e. The summed E-state index contributed by atoms with van der Waals surface area (Å²) < 4.78 is 38.8. The Kier molecular flexibility index (Phi) is 2.32. The Balaban J connectivity index is 2.58. The van der Waals surface area contributed by atoms with Crippen LogP contribution >= 0.6 is 0 Å². The monoisotopic (exact) mass is 243 g/mol. The first kappa shape index (κ1) is 7.17. The molecule has 2 nitrogen and oxygen atoms in total. The normalized spacial score (nSPS) is 15.7. The Morgan fingerprint density at radius 3 is 2.78 bits per heavy atom. The first-order valence-corrected chi connectivity index (χ1v) is 5.37. The molecule has 0 atom stereocenters. The number of hydrogen-bond acceptors (Lipinski definition) is 1. The third-order valence-electron chi connectivity index (χ3n) is 2.28. The molecule has 2 heteroatoms. The van der Waals surface area contributed by atoms with Crippen molar-refractivity contribution in [2.75, 3.05) is 0 Å². The summed E-state index contributed by atoms with van der Waals surface area (Å²) >= 11 is 0. The molecule has 2 aromatic rings. The molecule has 0 bridgehead atoms. The molecular weight excluding hydrogens is 224 g/mol. The van der Waals surface area contributed by atoms with E-state index in [0.29, 0.717) is 12.0 Å². The van der Waals surface area contributed by atoms with Crippen LogP contribution in [-0.4, -0.2) is 11.1 Å². The number of benzene rings is 2. The molecule has 0 radical (unpaired) electrons. The van der Waals surface area contributed by atoms with Crippen LogP contribution in [0.2, 0.25) is 0 Å². The minimum atomic E-state index is -1.57. The Hall–Kier alpha value is -2.35. The van der Waals surface area contributed by atoms with Gasteiger partial charge in [-0.15, -0.1) is 0 Å². The number of carboxylic acid groups (broad SMARTS) is 1.